The molecule has 1 aromatic heterocycles. The van der Waals surface area contributed by atoms with E-state index >= 15 is 0 Å². The number of nitrogens with one attached hydrogen (secondary N) is 1. The number of benzene rings is 3. The molecular weight excluding hydrogens is 417 g/mol. The molecule has 158 valence electrons. The predicted molar refractivity (Wildman–Crippen MR) is 119 cm³/mol. The van der Waals surface area contributed by atoms with E-state index in [-0.39, 0.29) is 18.3 Å². The van der Waals surface area contributed by atoms with Crippen molar-refractivity contribution < 1.29 is 13.9 Å². The Hall–Kier alpha value is -3.38. The van der Waals surface area contributed by atoms with Gasteiger partial charge in [0, 0.05) is 23.6 Å². The van der Waals surface area contributed by atoms with Crippen LogP contribution in [-0.4, -0.2) is 28.6 Å². The number of rotatable bonds is 8. The Balaban J connectivity index is 1.40. The van der Waals surface area contributed by atoms with Crippen LogP contribution in [0.5, 0.6) is 5.75 Å². The van der Waals surface area contributed by atoms with E-state index in [0.29, 0.717) is 35.8 Å². The lowest BCUT2D eigenvalue weighted by Crippen LogP contribution is -2.31. The molecule has 4 aromatic rings. The maximum absolute atomic E-state index is 14.2. The van der Waals surface area contributed by atoms with Gasteiger partial charge in [-0.05, 0) is 42.5 Å². The molecular formula is C24H21ClFN3O2. The van der Waals surface area contributed by atoms with Gasteiger partial charge in [0.05, 0.1) is 17.6 Å². The first-order valence-corrected chi connectivity index (χ1v) is 10.3. The standard InChI is InChI=1S/C24H21ClFN3O2/c25-18-9-11-19(12-10-18)31-16-24(30)27-14-13-23-28-21-7-3-4-8-22(21)29(23)15-17-5-1-2-6-20(17)26/h1-12H,13-16H2,(H,27,30). The lowest BCUT2D eigenvalue weighted by Gasteiger charge is -2.11. The van der Waals surface area contributed by atoms with Crippen molar-refractivity contribution in [2.75, 3.05) is 13.2 Å². The van der Waals surface area contributed by atoms with Gasteiger partial charge in [-0.1, -0.05) is 41.9 Å². The van der Waals surface area contributed by atoms with Crippen LogP contribution in [0.4, 0.5) is 4.39 Å². The van der Waals surface area contributed by atoms with E-state index in [1.807, 2.05) is 34.9 Å². The second-order valence-electron chi connectivity index (χ2n) is 7.04. The molecule has 0 fully saturated rings. The zero-order valence-corrected chi connectivity index (χ0v) is 17.5. The molecule has 0 aliphatic rings. The van der Waals surface area contributed by atoms with Crippen molar-refractivity contribution in [2.45, 2.75) is 13.0 Å². The summed E-state index contributed by atoms with van der Waals surface area (Å²) in [6.07, 6.45) is 0.510. The topological polar surface area (TPSA) is 56.1 Å². The number of ether oxygens (including phenoxy) is 1. The molecule has 1 heterocycles. The highest BCUT2D eigenvalue weighted by Crippen LogP contribution is 2.19. The predicted octanol–water partition coefficient (Wildman–Crippen LogP) is 4.61. The number of carbonyl (C=O) groups excluding carboxylic acids is 1. The summed E-state index contributed by atoms with van der Waals surface area (Å²) < 4.78 is 21.7. The molecule has 3 aromatic carbocycles. The summed E-state index contributed by atoms with van der Waals surface area (Å²) >= 11 is 5.84. The first kappa shape index (κ1) is 20.9. The number of amides is 1. The average Bonchev–Trinajstić information content (AvgIpc) is 3.12. The molecule has 1 amide bonds. The summed E-state index contributed by atoms with van der Waals surface area (Å²) in [4.78, 5) is 16.8. The Labute approximate surface area is 184 Å². The van der Waals surface area contributed by atoms with E-state index in [1.165, 1.54) is 6.07 Å². The van der Waals surface area contributed by atoms with Crippen molar-refractivity contribution >= 4 is 28.5 Å². The minimum absolute atomic E-state index is 0.0900. The molecule has 0 aliphatic heterocycles. The fourth-order valence-corrected chi connectivity index (χ4v) is 3.46. The smallest absolute Gasteiger partial charge is 0.257 e. The van der Waals surface area contributed by atoms with E-state index in [4.69, 9.17) is 16.3 Å². The van der Waals surface area contributed by atoms with Crippen molar-refractivity contribution in [1.29, 1.82) is 0 Å². The highest BCUT2D eigenvalue weighted by Gasteiger charge is 2.13. The van der Waals surface area contributed by atoms with Gasteiger partial charge in [-0.2, -0.15) is 0 Å². The quantitative estimate of drug-likeness (QED) is 0.438. The van der Waals surface area contributed by atoms with E-state index in [1.54, 1.807) is 36.4 Å². The largest absolute Gasteiger partial charge is 0.484 e. The van der Waals surface area contributed by atoms with Gasteiger partial charge in [-0.25, -0.2) is 9.37 Å². The molecule has 0 spiro atoms. The maximum atomic E-state index is 14.2. The molecule has 5 nitrogen and oxygen atoms in total. The van der Waals surface area contributed by atoms with E-state index in [0.717, 1.165) is 16.9 Å². The highest BCUT2D eigenvalue weighted by atomic mass is 35.5. The SMILES string of the molecule is O=C(COc1ccc(Cl)cc1)NCCc1nc2ccccc2n1Cc1ccccc1F. The van der Waals surface area contributed by atoms with Gasteiger partial charge in [0.25, 0.3) is 5.91 Å². The Morgan fingerprint density at radius 3 is 2.58 bits per heavy atom. The Morgan fingerprint density at radius 1 is 1.03 bits per heavy atom. The van der Waals surface area contributed by atoms with Gasteiger partial charge >= 0.3 is 0 Å². The third-order valence-electron chi connectivity index (χ3n) is 4.87. The summed E-state index contributed by atoms with van der Waals surface area (Å²) in [7, 11) is 0. The number of para-hydroxylation sites is 2. The first-order valence-electron chi connectivity index (χ1n) is 9.93. The minimum Gasteiger partial charge on any atom is -0.484 e. The van der Waals surface area contributed by atoms with Crippen LogP contribution in [0.25, 0.3) is 11.0 Å². The normalized spacial score (nSPS) is 10.9. The summed E-state index contributed by atoms with van der Waals surface area (Å²) in [5, 5.41) is 3.45. The fourth-order valence-electron chi connectivity index (χ4n) is 3.33. The molecule has 0 aliphatic carbocycles. The van der Waals surface area contributed by atoms with Crippen LogP contribution < -0.4 is 10.1 Å². The number of imidazole rings is 1. The van der Waals surface area contributed by atoms with Crippen molar-refractivity contribution in [3.8, 4) is 5.75 Å². The van der Waals surface area contributed by atoms with Gasteiger partial charge in [-0.15, -0.1) is 0 Å². The first-order chi connectivity index (χ1) is 15.1. The fraction of sp³-hybridized carbons (Fsp3) is 0.167. The summed E-state index contributed by atoms with van der Waals surface area (Å²) in [6.45, 7) is 0.673. The van der Waals surface area contributed by atoms with Crippen molar-refractivity contribution in [2.24, 2.45) is 0 Å². The summed E-state index contributed by atoms with van der Waals surface area (Å²) in [5.41, 5.74) is 2.36. The third kappa shape index (κ3) is 5.22. The van der Waals surface area contributed by atoms with Crippen LogP contribution >= 0.6 is 11.6 Å². The van der Waals surface area contributed by atoms with Gasteiger partial charge in [0.1, 0.15) is 17.4 Å². The molecule has 0 atom stereocenters. The van der Waals surface area contributed by atoms with Crippen LogP contribution in [-0.2, 0) is 17.8 Å². The average molecular weight is 438 g/mol. The van der Waals surface area contributed by atoms with Crippen LogP contribution in [0.2, 0.25) is 5.02 Å². The molecule has 0 saturated heterocycles. The number of hydrogen-bond acceptors (Lipinski definition) is 3. The summed E-state index contributed by atoms with van der Waals surface area (Å²) in [6, 6.07) is 21.3. The summed E-state index contributed by atoms with van der Waals surface area (Å²) in [5.74, 6) is 0.875. The van der Waals surface area contributed by atoms with Crippen LogP contribution in [0.3, 0.4) is 0 Å². The Morgan fingerprint density at radius 2 is 1.77 bits per heavy atom. The number of aromatic nitrogens is 2. The molecule has 0 unspecified atom stereocenters. The monoisotopic (exact) mass is 437 g/mol. The van der Waals surface area contributed by atoms with Gasteiger partial charge in [-0.3, -0.25) is 4.79 Å². The lowest BCUT2D eigenvalue weighted by atomic mass is 10.2. The second-order valence-corrected chi connectivity index (χ2v) is 7.47. The van der Waals surface area contributed by atoms with Crippen LogP contribution in [0.1, 0.15) is 11.4 Å². The molecule has 4 rings (SSSR count). The van der Waals surface area contributed by atoms with Crippen molar-refractivity contribution in [3.05, 3.63) is 95.0 Å². The van der Waals surface area contributed by atoms with Crippen molar-refractivity contribution in [1.82, 2.24) is 14.9 Å². The number of halogens is 2. The number of nitrogens with zero attached hydrogens (tertiary/aromatic N) is 2. The third-order valence-corrected chi connectivity index (χ3v) is 5.13. The lowest BCUT2D eigenvalue weighted by molar-refractivity contribution is -0.123. The maximum Gasteiger partial charge on any atom is 0.257 e. The number of fused-ring (bicyclic) bond motifs is 1. The number of carbonyl (C=O) groups is 1. The number of hydrogen-bond donors (Lipinski definition) is 1. The molecule has 1 N–H and O–H groups in total. The zero-order chi connectivity index (χ0) is 21.6. The molecule has 7 heteroatoms. The van der Waals surface area contributed by atoms with E-state index in [9.17, 15) is 9.18 Å². The van der Waals surface area contributed by atoms with Crippen LogP contribution in [0, 0.1) is 5.82 Å². The molecule has 0 radical (unpaired) electrons. The molecule has 31 heavy (non-hydrogen) atoms. The Bertz CT molecular complexity index is 1190. The minimum atomic E-state index is -0.251. The Kier molecular flexibility index (Phi) is 6.48. The second kappa shape index (κ2) is 9.62. The van der Waals surface area contributed by atoms with Crippen LogP contribution in [0.15, 0.2) is 72.8 Å². The molecule has 0 saturated carbocycles. The van der Waals surface area contributed by atoms with E-state index in [2.05, 4.69) is 10.3 Å². The van der Waals surface area contributed by atoms with Crippen molar-refractivity contribution in [3.63, 3.8) is 0 Å². The van der Waals surface area contributed by atoms with E-state index < -0.39 is 0 Å². The van der Waals surface area contributed by atoms with Gasteiger partial charge < -0.3 is 14.6 Å². The zero-order valence-electron chi connectivity index (χ0n) is 16.7. The van der Waals surface area contributed by atoms with Gasteiger partial charge in [0.2, 0.25) is 0 Å². The molecule has 0 bridgehead atoms. The highest BCUT2D eigenvalue weighted by molar-refractivity contribution is 6.30. The van der Waals surface area contributed by atoms with Gasteiger partial charge in [0.15, 0.2) is 6.61 Å².